The standard InChI is InChI=1S/C16H13N3O6S/c1-22-14-7-12-13(8-15(14)23-2)18-9-19-16(12)24-10-3-5-11(6-4-10)25-26(17,20)21/h3,5,7-9H,1-2H3,(H2,17,20,21). The fraction of sp³-hybridized carbons (Fsp3) is 0.125. The van der Waals surface area contributed by atoms with Gasteiger partial charge in [-0.25, -0.2) is 9.97 Å². The third-order valence-electron chi connectivity index (χ3n) is 3.21. The highest BCUT2D eigenvalue weighted by Gasteiger charge is 2.12. The minimum absolute atomic E-state index is 0.112. The molecule has 134 valence electrons. The molecule has 0 atom stereocenters. The highest BCUT2D eigenvalue weighted by Crippen LogP contribution is 2.35. The number of hydrogen-bond donors (Lipinski definition) is 1. The van der Waals surface area contributed by atoms with E-state index in [2.05, 4.69) is 26.3 Å². The van der Waals surface area contributed by atoms with E-state index in [-0.39, 0.29) is 17.4 Å². The Balaban J connectivity index is 1.93. The maximum atomic E-state index is 10.9. The molecule has 0 saturated carbocycles. The van der Waals surface area contributed by atoms with Gasteiger partial charge in [-0.1, -0.05) is 0 Å². The second kappa shape index (κ2) is 6.91. The van der Waals surface area contributed by atoms with Crippen LogP contribution in [0.1, 0.15) is 0 Å². The lowest BCUT2D eigenvalue weighted by atomic mass is 10.2. The van der Waals surface area contributed by atoms with Crippen LogP contribution in [-0.4, -0.2) is 32.6 Å². The molecule has 2 N–H and O–H groups in total. The molecule has 0 aliphatic rings. The molecule has 10 heteroatoms. The molecule has 0 amide bonds. The second-order valence-electron chi connectivity index (χ2n) is 4.89. The Hall–Kier alpha value is -3.29. The average molecular weight is 375 g/mol. The van der Waals surface area contributed by atoms with E-state index in [0.29, 0.717) is 22.4 Å². The largest absolute Gasteiger partial charge is 0.493 e. The molecular formula is C16H13N3O6S. The number of rotatable bonds is 6. The summed E-state index contributed by atoms with van der Waals surface area (Å²) in [6.45, 7) is 0. The number of nitrogens with two attached hydrogens (primary N) is 1. The summed E-state index contributed by atoms with van der Waals surface area (Å²) in [7, 11) is -1.09. The number of nitrogens with zero attached hydrogens (tertiary/aromatic N) is 2. The van der Waals surface area contributed by atoms with Crippen molar-refractivity contribution in [2.75, 3.05) is 14.2 Å². The molecule has 0 radical (unpaired) electrons. The summed E-state index contributed by atoms with van der Waals surface area (Å²) in [6.07, 6.45) is 1.34. The van der Waals surface area contributed by atoms with Crippen molar-refractivity contribution in [3.05, 3.63) is 42.7 Å². The van der Waals surface area contributed by atoms with E-state index >= 15 is 0 Å². The van der Waals surface area contributed by atoms with Crippen LogP contribution >= 0.6 is 0 Å². The SMILES string of the molecule is COc1cc2ncnc(Oc3c#cc(OS(N)(=O)=O)cc3)c2cc1OC. The Kier molecular flexibility index (Phi) is 4.66. The first kappa shape index (κ1) is 17.5. The monoisotopic (exact) mass is 375 g/mol. The first-order valence-corrected chi connectivity index (χ1v) is 8.57. The molecule has 0 aliphatic heterocycles. The van der Waals surface area contributed by atoms with Crippen molar-refractivity contribution in [2.45, 2.75) is 0 Å². The van der Waals surface area contributed by atoms with Crippen molar-refractivity contribution >= 4 is 21.2 Å². The maximum absolute atomic E-state index is 10.9. The Morgan fingerprint density at radius 3 is 2.27 bits per heavy atom. The maximum Gasteiger partial charge on any atom is 0.380 e. The normalized spacial score (nSPS) is 10.9. The molecule has 9 nitrogen and oxygen atoms in total. The van der Waals surface area contributed by atoms with Gasteiger partial charge >= 0.3 is 10.3 Å². The van der Waals surface area contributed by atoms with Crippen molar-refractivity contribution in [1.82, 2.24) is 9.97 Å². The van der Waals surface area contributed by atoms with Crippen LogP contribution < -0.4 is 23.5 Å². The molecule has 0 spiro atoms. The molecule has 0 bridgehead atoms. The zero-order chi connectivity index (χ0) is 18.7. The molecule has 0 aliphatic carbocycles. The average Bonchev–Trinajstić information content (AvgIpc) is 2.61. The number of methoxy groups -OCH3 is 2. The van der Waals surface area contributed by atoms with E-state index in [4.69, 9.17) is 19.3 Å². The summed E-state index contributed by atoms with van der Waals surface area (Å²) in [6, 6.07) is 11.2. The Morgan fingerprint density at radius 1 is 1.00 bits per heavy atom. The minimum Gasteiger partial charge on any atom is -0.493 e. The Bertz CT molecular complexity index is 1040. The van der Waals surface area contributed by atoms with Crippen molar-refractivity contribution < 1.29 is 26.8 Å². The van der Waals surface area contributed by atoms with Crippen LogP contribution in [0.2, 0.25) is 0 Å². The summed E-state index contributed by atoms with van der Waals surface area (Å²) >= 11 is 0. The Labute approximate surface area is 149 Å². The van der Waals surface area contributed by atoms with Crippen LogP contribution in [0.15, 0.2) is 30.6 Å². The third kappa shape index (κ3) is 3.85. The van der Waals surface area contributed by atoms with Crippen molar-refractivity contribution in [3.8, 4) is 28.9 Å². The summed E-state index contributed by atoms with van der Waals surface area (Å²) in [5.74, 6) is 1.39. The van der Waals surface area contributed by atoms with Gasteiger partial charge < -0.3 is 18.4 Å². The minimum atomic E-state index is -4.13. The molecule has 3 aromatic rings. The Morgan fingerprint density at radius 2 is 1.65 bits per heavy atom. The molecule has 0 saturated heterocycles. The van der Waals surface area contributed by atoms with E-state index in [0.717, 1.165) is 0 Å². The third-order valence-corrected chi connectivity index (χ3v) is 3.62. The lowest BCUT2D eigenvalue weighted by Crippen LogP contribution is -2.18. The topological polar surface area (TPSA) is 123 Å². The van der Waals surface area contributed by atoms with Gasteiger partial charge in [0.2, 0.25) is 5.88 Å². The predicted octanol–water partition coefficient (Wildman–Crippen LogP) is 1.62. The van der Waals surface area contributed by atoms with Crippen molar-refractivity contribution in [3.63, 3.8) is 0 Å². The fourth-order valence-electron chi connectivity index (χ4n) is 2.14. The summed E-state index contributed by atoms with van der Waals surface area (Å²) in [5.41, 5.74) is 0.589. The molecule has 0 fully saturated rings. The van der Waals surface area contributed by atoms with E-state index in [1.54, 1.807) is 12.1 Å². The van der Waals surface area contributed by atoms with Gasteiger partial charge in [0.05, 0.1) is 25.1 Å². The fourth-order valence-corrected chi connectivity index (χ4v) is 2.48. The number of aromatic nitrogens is 2. The van der Waals surface area contributed by atoms with Gasteiger partial charge in [0.1, 0.15) is 6.33 Å². The van der Waals surface area contributed by atoms with E-state index in [9.17, 15) is 8.42 Å². The van der Waals surface area contributed by atoms with Gasteiger partial charge in [0.25, 0.3) is 0 Å². The highest BCUT2D eigenvalue weighted by molar-refractivity contribution is 7.84. The molecule has 3 rings (SSSR count). The van der Waals surface area contributed by atoms with Gasteiger partial charge in [0, 0.05) is 6.07 Å². The van der Waals surface area contributed by atoms with E-state index < -0.39 is 10.3 Å². The van der Waals surface area contributed by atoms with Gasteiger partial charge in [0.15, 0.2) is 23.0 Å². The molecule has 1 heterocycles. The number of hydrogen-bond acceptors (Lipinski definition) is 8. The summed E-state index contributed by atoms with van der Waals surface area (Å²) in [5, 5.41) is 5.37. The van der Waals surface area contributed by atoms with E-state index in [1.807, 2.05) is 0 Å². The number of fused-ring (bicyclic) bond motifs is 1. The van der Waals surface area contributed by atoms with Gasteiger partial charge in [-0.15, -0.1) is 0 Å². The zero-order valence-electron chi connectivity index (χ0n) is 13.7. The molecule has 1 aromatic heterocycles. The predicted molar refractivity (Wildman–Crippen MR) is 90.6 cm³/mol. The second-order valence-corrected chi connectivity index (χ2v) is 6.05. The lowest BCUT2D eigenvalue weighted by Gasteiger charge is -2.10. The lowest BCUT2D eigenvalue weighted by molar-refractivity contribution is 0.355. The first-order chi connectivity index (χ1) is 12.4. The highest BCUT2D eigenvalue weighted by atomic mass is 32.2. The number of ether oxygens (including phenoxy) is 3. The van der Waals surface area contributed by atoms with Crippen LogP contribution in [0.3, 0.4) is 0 Å². The van der Waals surface area contributed by atoms with Crippen LogP contribution in [-0.2, 0) is 10.3 Å². The quantitative estimate of drug-likeness (QED) is 0.689. The zero-order valence-corrected chi connectivity index (χ0v) is 14.5. The van der Waals surface area contributed by atoms with Crippen LogP contribution in [0.5, 0.6) is 28.9 Å². The van der Waals surface area contributed by atoms with Crippen LogP contribution in [0.4, 0.5) is 0 Å². The summed E-state index contributed by atoms with van der Waals surface area (Å²) in [4.78, 5) is 8.28. The van der Waals surface area contributed by atoms with Gasteiger partial charge in [-0.2, -0.15) is 13.6 Å². The molecule has 2 aromatic carbocycles. The summed E-state index contributed by atoms with van der Waals surface area (Å²) < 4.78 is 42.5. The van der Waals surface area contributed by atoms with Crippen molar-refractivity contribution in [1.29, 1.82) is 0 Å². The van der Waals surface area contributed by atoms with Gasteiger partial charge in [-0.05, 0) is 30.3 Å². The smallest absolute Gasteiger partial charge is 0.380 e. The van der Waals surface area contributed by atoms with Crippen LogP contribution in [0, 0.1) is 12.1 Å². The van der Waals surface area contributed by atoms with Crippen molar-refractivity contribution in [2.24, 2.45) is 5.14 Å². The molecular weight excluding hydrogens is 362 g/mol. The molecule has 26 heavy (non-hydrogen) atoms. The number of benzene rings is 1. The van der Waals surface area contributed by atoms with Gasteiger partial charge in [-0.3, -0.25) is 0 Å². The first-order valence-electron chi connectivity index (χ1n) is 7.10. The molecule has 0 unspecified atom stereocenters. The van der Waals surface area contributed by atoms with Crippen LogP contribution in [0.25, 0.3) is 10.9 Å². The van der Waals surface area contributed by atoms with E-state index in [1.165, 1.54) is 32.7 Å².